The molecule has 18 heteroatoms. The molecular formula is C24H56N8O10. The number of nitrogens with one attached hydrogen (secondary N) is 4. The molecule has 0 aromatic rings. The lowest BCUT2D eigenvalue weighted by Gasteiger charge is -1.96. The predicted octanol–water partition coefficient (Wildman–Crippen LogP) is 0.964. The standard InChI is InChI=1S/C4H10N2O.2C4H9NO2.3C2H3NO.C2H7N.2C2H6O/c1-3-6-4(7)5-2;2*1-3-7-4(6)5-2;3*1-4-2-3;3*1-2-3/h3H2,1-2H3,(H2,5,6,7);2*3H2,1-2H3,(H,5,6);3*1H3;2-3H2,1H3;2*3H,2H2,1H3. The first-order valence-electron chi connectivity index (χ1n) is 12.2. The van der Waals surface area contributed by atoms with E-state index >= 15 is 0 Å². The number of methoxy groups -OCH3 is 3. The number of aliphatic hydroxyl groups is 2. The summed E-state index contributed by atoms with van der Waals surface area (Å²) in [5, 5.41) is 46.9. The number of hydrogen-bond acceptors (Lipinski definition) is 14. The molecule has 18 nitrogen and oxygen atoms in total. The first-order valence-corrected chi connectivity index (χ1v) is 12.2. The Labute approximate surface area is 252 Å². The summed E-state index contributed by atoms with van der Waals surface area (Å²) in [6.07, 6.45) is 3.55. The Kier molecular flexibility index (Phi) is 133. The van der Waals surface area contributed by atoms with Gasteiger partial charge in [0, 0.05) is 40.9 Å². The molecule has 0 saturated heterocycles. The van der Waals surface area contributed by atoms with Gasteiger partial charge in [-0.1, -0.05) is 6.92 Å². The van der Waals surface area contributed by atoms with Gasteiger partial charge in [0.25, 0.3) is 18.8 Å². The Bertz CT molecular complexity index is 516. The van der Waals surface area contributed by atoms with Crippen LogP contribution in [-0.2, 0) is 23.7 Å². The number of hydrogen-bond donors (Lipinski definition) is 7. The topological polar surface area (TPSA) is 283 Å². The second-order valence-electron chi connectivity index (χ2n) is 4.98. The molecule has 252 valence electrons. The van der Waals surface area contributed by atoms with Crippen molar-refractivity contribution in [1.29, 1.82) is 15.8 Å². The number of nitriles is 3. The van der Waals surface area contributed by atoms with Crippen LogP contribution in [0.3, 0.4) is 0 Å². The van der Waals surface area contributed by atoms with Crippen LogP contribution in [0.15, 0.2) is 0 Å². The quantitative estimate of drug-likeness (QED) is 0.217. The van der Waals surface area contributed by atoms with E-state index in [1.165, 1.54) is 54.2 Å². The molecule has 0 radical (unpaired) electrons. The van der Waals surface area contributed by atoms with Crippen LogP contribution in [0.5, 0.6) is 0 Å². The van der Waals surface area contributed by atoms with E-state index < -0.39 is 0 Å². The minimum Gasteiger partial charge on any atom is -0.450 e. The Balaban J connectivity index is -0.0000000427. The minimum absolute atomic E-state index is 0.123. The van der Waals surface area contributed by atoms with Crippen LogP contribution >= 0.6 is 0 Å². The van der Waals surface area contributed by atoms with Crippen LogP contribution in [-0.4, -0.2) is 110 Å². The van der Waals surface area contributed by atoms with Gasteiger partial charge in [0.2, 0.25) is 0 Å². The summed E-state index contributed by atoms with van der Waals surface area (Å²) in [7, 11) is 8.60. The number of aliphatic hydroxyl groups excluding tert-OH is 2. The number of amides is 4. The smallest absolute Gasteiger partial charge is 0.406 e. The van der Waals surface area contributed by atoms with Crippen molar-refractivity contribution in [2.75, 3.05) is 82.0 Å². The summed E-state index contributed by atoms with van der Waals surface area (Å²) in [6.45, 7) is 13.4. The fourth-order valence-corrected chi connectivity index (χ4v) is 0.655. The molecule has 0 aromatic carbocycles. The maximum absolute atomic E-state index is 10.2. The molecule has 0 bridgehead atoms. The lowest BCUT2D eigenvalue weighted by atomic mass is 10.7. The van der Waals surface area contributed by atoms with Gasteiger partial charge in [0.1, 0.15) is 0 Å². The average molecular weight is 617 g/mol. The molecule has 4 amide bonds. The maximum Gasteiger partial charge on any atom is 0.406 e. The molecule has 0 aliphatic heterocycles. The van der Waals surface area contributed by atoms with Crippen molar-refractivity contribution in [2.24, 2.45) is 5.73 Å². The number of alkyl carbamates (subject to hydrolysis) is 2. The first-order chi connectivity index (χ1) is 19.9. The molecule has 0 rings (SSSR count). The zero-order valence-electron chi connectivity index (χ0n) is 27.3. The second kappa shape index (κ2) is 90.8. The fraction of sp³-hybridized carbons (Fsp3) is 0.750. The van der Waals surface area contributed by atoms with E-state index in [0.717, 1.165) is 6.54 Å². The molecule has 0 spiro atoms. The van der Waals surface area contributed by atoms with Gasteiger partial charge in [-0.2, -0.15) is 15.8 Å². The molecule has 0 fully saturated rings. The predicted molar refractivity (Wildman–Crippen MR) is 158 cm³/mol. The summed E-state index contributed by atoms with van der Waals surface area (Å²) in [5.41, 5.74) is 4.85. The highest BCUT2D eigenvalue weighted by atomic mass is 16.6. The lowest BCUT2D eigenvalue weighted by molar-refractivity contribution is 0.153. The fourth-order valence-electron chi connectivity index (χ4n) is 0.655. The van der Waals surface area contributed by atoms with Crippen LogP contribution in [0, 0.1) is 34.6 Å². The Morgan fingerprint density at radius 1 is 0.667 bits per heavy atom. The highest BCUT2D eigenvalue weighted by Crippen LogP contribution is 1.71. The Morgan fingerprint density at radius 2 is 0.881 bits per heavy atom. The number of nitrogens with two attached hydrogens (primary N) is 1. The minimum atomic E-state index is -0.373. The van der Waals surface area contributed by atoms with E-state index in [-0.39, 0.29) is 31.4 Å². The summed E-state index contributed by atoms with van der Waals surface area (Å²) < 4.78 is 20.4. The third kappa shape index (κ3) is 231. The highest BCUT2D eigenvalue weighted by molar-refractivity contribution is 5.73. The van der Waals surface area contributed by atoms with Gasteiger partial charge >= 0.3 is 18.2 Å². The molecule has 0 atom stereocenters. The zero-order valence-corrected chi connectivity index (χ0v) is 27.3. The molecule has 0 aliphatic rings. The van der Waals surface area contributed by atoms with Gasteiger partial charge in [-0.25, -0.2) is 14.4 Å². The molecule has 0 aromatic heterocycles. The third-order valence-electron chi connectivity index (χ3n) is 1.80. The van der Waals surface area contributed by atoms with Gasteiger partial charge in [-0.05, 0) is 41.2 Å². The van der Waals surface area contributed by atoms with Crippen molar-refractivity contribution < 1.29 is 48.3 Å². The van der Waals surface area contributed by atoms with E-state index in [0.29, 0.717) is 19.8 Å². The third-order valence-corrected chi connectivity index (χ3v) is 1.80. The van der Waals surface area contributed by atoms with E-state index in [1.54, 1.807) is 34.7 Å². The molecule has 0 aliphatic carbocycles. The number of carbonyl (C=O) groups excluding carboxylic acids is 3. The molecule has 0 heterocycles. The molecule has 42 heavy (non-hydrogen) atoms. The second-order valence-corrected chi connectivity index (χ2v) is 4.98. The van der Waals surface area contributed by atoms with Crippen molar-refractivity contribution in [3.05, 3.63) is 0 Å². The Hall–Kier alpha value is -4.44. The first kappa shape index (κ1) is 61.5. The normalized spacial score (nSPS) is 6.29. The molecule has 0 unspecified atom stereocenters. The lowest BCUT2D eigenvalue weighted by Crippen LogP contribution is -2.32. The van der Waals surface area contributed by atoms with E-state index in [9.17, 15) is 14.4 Å². The van der Waals surface area contributed by atoms with Gasteiger partial charge in [-0.15, -0.1) is 0 Å². The largest absolute Gasteiger partial charge is 0.450 e. The number of nitrogens with zero attached hydrogens (tertiary/aromatic N) is 3. The molecule has 0 saturated carbocycles. The summed E-state index contributed by atoms with van der Waals surface area (Å²) >= 11 is 0. The SMILES string of the molecule is CCN.CCNC(=O)NC.CCO.CCO.CCOC(=O)NC.CCOC(=O)NC.COC#N.COC#N.COC#N. The summed E-state index contributed by atoms with van der Waals surface area (Å²) in [5.74, 6) is 0. The maximum atomic E-state index is 10.2. The van der Waals surface area contributed by atoms with Gasteiger partial charge in [0.05, 0.1) is 34.5 Å². The van der Waals surface area contributed by atoms with Crippen LogP contribution in [0.1, 0.15) is 41.5 Å². The van der Waals surface area contributed by atoms with Crippen molar-refractivity contribution in [2.45, 2.75) is 41.5 Å². The number of carbonyl (C=O) groups is 3. The van der Waals surface area contributed by atoms with Crippen molar-refractivity contribution in [3.8, 4) is 18.8 Å². The monoisotopic (exact) mass is 616 g/mol. The van der Waals surface area contributed by atoms with Crippen LogP contribution in [0.2, 0.25) is 0 Å². The van der Waals surface area contributed by atoms with Crippen LogP contribution in [0.25, 0.3) is 0 Å². The van der Waals surface area contributed by atoms with Crippen molar-refractivity contribution >= 4 is 18.2 Å². The van der Waals surface area contributed by atoms with Crippen LogP contribution < -0.4 is 27.0 Å². The molecule has 8 N–H and O–H groups in total. The summed E-state index contributed by atoms with van der Waals surface area (Å²) in [4.78, 5) is 30.3. The van der Waals surface area contributed by atoms with E-state index in [4.69, 9.17) is 31.7 Å². The highest BCUT2D eigenvalue weighted by Gasteiger charge is 1.90. The van der Waals surface area contributed by atoms with Crippen LogP contribution in [0.4, 0.5) is 14.4 Å². The zero-order chi connectivity index (χ0) is 35.5. The van der Waals surface area contributed by atoms with Gasteiger partial charge in [0.15, 0.2) is 0 Å². The van der Waals surface area contributed by atoms with Crippen molar-refractivity contribution in [1.82, 2.24) is 21.3 Å². The summed E-state index contributed by atoms with van der Waals surface area (Å²) in [6, 6.07) is -0.123. The Morgan fingerprint density at radius 3 is 0.929 bits per heavy atom. The average Bonchev–Trinajstić information content (AvgIpc) is 2.99. The van der Waals surface area contributed by atoms with Crippen molar-refractivity contribution in [3.63, 3.8) is 0 Å². The van der Waals surface area contributed by atoms with E-state index in [2.05, 4.69) is 45.0 Å². The number of urea groups is 1. The number of rotatable bonds is 3. The van der Waals surface area contributed by atoms with Gasteiger partial charge in [-0.3, -0.25) is 0 Å². The van der Waals surface area contributed by atoms with Gasteiger partial charge < -0.3 is 60.9 Å². The van der Waals surface area contributed by atoms with E-state index in [1.807, 2.05) is 13.8 Å². The number of ether oxygens (including phenoxy) is 5. The molecular weight excluding hydrogens is 560 g/mol.